The summed E-state index contributed by atoms with van der Waals surface area (Å²) >= 11 is 0. The number of hydrogen-bond acceptors (Lipinski definition) is 9. The molecule has 0 amide bonds. The molecule has 0 saturated carbocycles. The van der Waals surface area contributed by atoms with Crippen molar-refractivity contribution in [1.29, 1.82) is 0 Å². The van der Waals surface area contributed by atoms with Crippen LogP contribution in [0.5, 0.6) is 11.5 Å². The molecule has 2 aliphatic rings. The van der Waals surface area contributed by atoms with Crippen molar-refractivity contribution < 1.29 is 15.0 Å². The third-order valence-corrected chi connectivity index (χ3v) is 5.61. The van der Waals surface area contributed by atoms with Crippen LogP contribution in [0.1, 0.15) is 25.7 Å². The van der Waals surface area contributed by atoms with Gasteiger partial charge in [-0.2, -0.15) is 0 Å². The van der Waals surface area contributed by atoms with E-state index in [1.165, 1.54) is 24.8 Å². The van der Waals surface area contributed by atoms with Gasteiger partial charge < -0.3 is 20.0 Å². The number of piperidine rings is 2. The molecule has 2 fully saturated rings. The largest absolute Gasteiger partial charge is 0.505 e. The van der Waals surface area contributed by atoms with Gasteiger partial charge in [-0.15, -0.1) is 0 Å². The Kier molecular flexibility index (Phi) is 5.23. The number of carbonyl (C=O) groups excluding carboxylic acids is 1. The highest BCUT2D eigenvalue weighted by molar-refractivity contribution is 5.84. The molecule has 4 heterocycles. The van der Waals surface area contributed by atoms with Crippen LogP contribution >= 0.6 is 0 Å². The highest BCUT2D eigenvalue weighted by Crippen LogP contribution is 2.29. The number of Topliss-reactive ketones (excluding diaryl/α,β-unsaturated/α-hetero) is 1. The molecular formula is C19H24N6O3. The molecule has 2 saturated heterocycles. The average molecular weight is 384 g/mol. The molecule has 2 aromatic heterocycles. The summed E-state index contributed by atoms with van der Waals surface area (Å²) in [5, 5.41) is 18.6. The van der Waals surface area contributed by atoms with Crippen molar-refractivity contribution >= 4 is 17.7 Å². The van der Waals surface area contributed by atoms with Crippen molar-refractivity contribution in [3.05, 3.63) is 24.8 Å². The van der Waals surface area contributed by atoms with Crippen LogP contribution in [0.25, 0.3) is 0 Å². The Hall–Kier alpha value is -2.97. The molecule has 0 atom stereocenters. The molecule has 4 rings (SSSR count). The number of nitrogens with zero attached hydrogens (tertiary/aromatic N) is 6. The van der Waals surface area contributed by atoms with Crippen LogP contribution in [0, 0.1) is 11.8 Å². The molecule has 0 bridgehead atoms. The summed E-state index contributed by atoms with van der Waals surface area (Å²) in [5.41, 5.74) is 0. The van der Waals surface area contributed by atoms with Crippen LogP contribution in [0.3, 0.4) is 0 Å². The highest BCUT2D eigenvalue weighted by atomic mass is 16.3. The van der Waals surface area contributed by atoms with E-state index in [0.717, 1.165) is 51.9 Å². The van der Waals surface area contributed by atoms with Crippen molar-refractivity contribution in [2.24, 2.45) is 11.8 Å². The van der Waals surface area contributed by atoms with Crippen LogP contribution in [0.4, 0.5) is 11.9 Å². The second kappa shape index (κ2) is 7.95. The Bertz CT molecular complexity index is 730. The van der Waals surface area contributed by atoms with E-state index in [-0.39, 0.29) is 23.3 Å². The highest BCUT2D eigenvalue weighted by Gasteiger charge is 2.33. The number of aromatic nitrogens is 4. The zero-order valence-electron chi connectivity index (χ0n) is 15.6. The fourth-order valence-corrected chi connectivity index (χ4v) is 4.02. The van der Waals surface area contributed by atoms with Crippen molar-refractivity contribution in [2.75, 3.05) is 36.0 Å². The molecule has 9 nitrogen and oxygen atoms in total. The fourth-order valence-electron chi connectivity index (χ4n) is 4.02. The van der Waals surface area contributed by atoms with Crippen LogP contribution in [-0.4, -0.2) is 62.1 Å². The molecule has 0 radical (unpaired) electrons. The minimum absolute atomic E-state index is 0.0536. The van der Waals surface area contributed by atoms with Crippen LogP contribution in [0.2, 0.25) is 0 Å². The predicted molar refractivity (Wildman–Crippen MR) is 102 cm³/mol. The van der Waals surface area contributed by atoms with Gasteiger partial charge in [-0.25, -0.2) is 19.9 Å². The van der Waals surface area contributed by atoms with Gasteiger partial charge in [-0.3, -0.25) is 4.79 Å². The van der Waals surface area contributed by atoms with E-state index >= 15 is 0 Å². The van der Waals surface area contributed by atoms with Gasteiger partial charge >= 0.3 is 0 Å². The summed E-state index contributed by atoms with van der Waals surface area (Å²) in [6.45, 7) is 3.01. The summed E-state index contributed by atoms with van der Waals surface area (Å²) < 4.78 is 0. The molecular weight excluding hydrogens is 360 g/mol. The molecule has 148 valence electrons. The number of hydrogen-bond donors (Lipinski definition) is 2. The van der Waals surface area contributed by atoms with Gasteiger partial charge in [0.05, 0.1) is 24.8 Å². The Labute approximate surface area is 163 Å². The molecule has 0 unspecified atom stereocenters. The third-order valence-electron chi connectivity index (χ3n) is 5.61. The lowest BCUT2D eigenvalue weighted by atomic mass is 9.81. The van der Waals surface area contributed by atoms with Gasteiger partial charge in [0.1, 0.15) is 5.78 Å². The van der Waals surface area contributed by atoms with Crippen molar-refractivity contribution in [3.63, 3.8) is 0 Å². The smallest absolute Gasteiger partial charge is 0.225 e. The second-order valence-electron chi connectivity index (χ2n) is 7.41. The molecule has 9 heteroatoms. The summed E-state index contributed by atoms with van der Waals surface area (Å²) in [6.07, 6.45) is 8.82. The molecule has 28 heavy (non-hydrogen) atoms. The number of rotatable bonds is 4. The second-order valence-corrected chi connectivity index (χ2v) is 7.41. The summed E-state index contributed by atoms with van der Waals surface area (Å²) in [7, 11) is 0. The van der Waals surface area contributed by atoms with Crippen LogP contribution in [-0.2, 0) is 4.79 Å². The molecule has 0 spiro atoms. The first-order valence-corrected chi connectivity index (χ1v) is 9.66. The zero-order valence-corrected chi connectivity index (χ0v) is 15.6. The summed E-state index contributed by atoms with van der Waals surface area (Å²) in [4.78, 5) is 33.7. The van der Waals surface area contributed by atoms with Gasteiger partial charge in [-0.05, 0) is 25.7 Å². The quantitative estimate of drug-likeness (QED) is 0.806. The number of ketones is 1. The molecule has 2 aromatic rings. The molecule has 2 aliphatic heterocycles. The van der Waals surface area contributed by atoms with Crippen LogP contribution < -0.4 is 9.80 Å². The van der Waals surface area contributed by atoms with E-state index in [1.807, 2.05) is 0 Å². The van der Waals surface area contributed by atoms with E-state index in [9.17, 15) is 15.0 Å². The van der Waals surface area contributed by atoms with Gasteiger partial charge in [0.2, 0.25) is 11.9 Å². The Morgan fingerprint density at radius 3 is 1.36 bits per heavy atom. The first kappa shape index (κ1) is 18.4. The summed E-state index contributed by atoms with van der Waals surface area (Å²) in [5.74, 6) is 1.87. The Balaban J connectivity index is 1.28. The Morgan fingerprint density at radius 2 is 1.04 bits per heavy atom. The first-order chi connectivity index (χ1) is 13.6. The maximum absolute atomic E-state index is 13.0. The van der Waals surface area contributed by atoms with Crippen molar-refractivity contribution in [2.45, 2.75) is 25.7 Å². The van der Waals surface area contributed by atoms with E-state index in [4.69, 9.17) is 0 Å². The minimum Gasteiger partial charge on any atom is -0.505 e. The number of aromatic hydroxyl groups is 2. The van der Waals surface area contributed by atoms with Gasteiger partial charge in [0.15, 0.2) is 11.5 Å². The fraction of sp³-hybridized carbons (Fsp3) is 0.526. The third kappa shape index (κ3) is 3.97. The lowest BCUT2D eigenvalue weighted by Gasteiger charge is -2.35. The minimum atomic E-state index is 0.0536. The standard InChI is InChI=1S/C19H24N6O3/c26-15-9-20-18(21-10-15)24-5-1-13(2-6-24)17(28)14-3-7-25(8-4-14)19-22-11-16(27)12-23-19/h9-14,26-27H,1-8H2. The first-order valence-electron chi connectivity index (χ1n) is 9.66. The lowest BCUT2D eigenvalue weighted by molar-refractivity contribution is -0.128. The number of anilines is 2. The van der Waals surface area contributed by atoms with Gasteiger partial charge in [0.25, 0.3) is 0 Å². The Morgan fingerprint density at radius 1 is 0.714 bits per heavy atom. The van der Waals surface area contributed by atoms with E-state index in [0.29, 0.717) is 17.7 Å². The van der Waals surface area contributed by atoms with Crippen LogP contribution in [0.15, 0.2) is 24.8 Å². The SMILES string of the molecule is O=C(C1CCN(c2ncc(O)cn2)CC1)C1CCN(c2ncc(O)cn2)CC1. The van der Waals surface area contributed by atoms with Gasteiger partial charge in [0, 0.05) is 38.0 Å². The van der Waals surface area contributed by atoms with E-state index in [1.54, 1.807) is 0 Å². The average Bonchev–Trinajstić information content (AvgIpc) is 2.75. The molecule has 2 N–H and O–H groups in total. The topological polar surface area (TPSA) is 116 Å². The lowest BCUT2D eigenvalue weighted by Crippen LogP contribution is -2.42. The maximum atomic E-state index is 13.0. The summed E-state index contributed by atoms with van der Waals surface area (Å²) in [6, 6.07) is 0. The molecule has 0 aliphatic carbocycles. The van der Waals surface area contributed by atoms with Crippen molar-refractivity contribution in [3.8, 4) is 11.5 Å². The number of carbonyl (C=O) groups is 1. The maximum Gasteiger partial charge on any atom is 0.225 e. The predicted octanol–water partition coefficient (Wildman–Crippen LogP) is 1.38. The zero-order chi connectivity index (χ0) is 19.5. The van der Waals surface area contributed by atoms with Crippen molar-refractivity contribution in [1.82, 2.24) is 19.9 Å². The van der Waals surface area contributed by atoms with E-state index < -0.39 is 0 Å². The monoisotopic (exact) mass is 384 g/mol. The van der Waals surface area contributed by atoms with Gasteiger partial charge in [-0.1, -0.05) is 0 Å². The molecule has 0 aromatic carbocycles. The normalized spacial score (nSPS) is 19.0. The van der Waals surface area contributed by atoms with E-state index in [2.05, 4.69) is 29.7 Å².